The van der Waals surface area contributed by atoms with Crippen LogP contribution in [0.15, 0.2) is 48.5 Å². The maximum Gasteiger partial charge on any atom is 0.320 e. The zero-order chi connectivity index (χ0) is 19.8. The van der Waals surface area contributed by atoms with Gasteiger partial charge in [0.1, 0.15) is 11.8 Å². The zero-order valence-corrected chi connectivity index (χ0v) is 15.9. The van der Waals surface area contributed by atoms with Crippen molar-refractivity contribution in [1.82, 2.24) is 5.32 Å². The second kappa shape index (κ2) is 9.73. The molecule has 0 aliphatic rings. The molecule has 3 N–H and O–H groups in total. The lowest BCUT2D eigenvalue weighted by molar-refractivity contribution is -0.140. The van der Waals surface area contributed by atoms with Crippen LogP contribution in [0.25, 0.3) is 0 Å². The van der Waals surface area contributed by atoms with Crippen LogP contribution in [0.1, 0.15) is 25.8 Å². The zero-order valence-electron chi connectivity index (χ0n) is 15.9. The maximum atomic E-state index is 12.3. The Morgan fingerprint density at radius 3 is 2.41 bits per heavy atom. The molecule has 0 heterocycles. The van der Waals surface area contributed by atoms with Crippen LogP contribution in [0.4, 0.5) is 5.69 Å². The summed E-state index contributed by atoms with van der Waals surface area (Å²) in [6, 6.07) is 14.0. The van der Waals surface area contributed by atoms with Gasteiger partial charge in [0, 0.05) is 0 Å². The van der Waals surface area contributed by atoms with E-state index in [4.69, 9.17) is 4.74 Å². The Bertz CT molecular complexity index is 774. The fraction of sp³-hybridized carbons (Fsp3) is 0.333. The minimum atomic E-state index is -0.958. The summed E-state index contributed by atoms with van der Waals surface area (Å²) >= 11 is 0. The van der Waals surface area contributed by atoms with Gasteiger partial charge in [-0.2, -0.15) is 0 Å². The molecule has 27 heavy (non-hydrogen) atoms. The van der Waals surface area contributed by atoms with Crippen molar-refractivity contribution in [1.29, 1.82) is 0 Å². The number of rotatable bonds is 9. The molecule has 2 aromatic rings. The molecule has 2 rings (SSSR count). The molecule has 2 aromatic carbocycles. The number of carboxylic acid groups (broad SMARTS) is 1. The number of para-hydroxylation sites is 2. The predicted molar refractivity (Wildman–Crippen MR) is 105 cm³/mol. The second-order valence-corrected chi connectivity index (χ2v) is 6.54. The minimum absolute atomic E-state index is 0.0764. The third-order valence-electron chi connectivity index (χ3n) is 4.37. The van der Waals surface area contributed by atoms with E-state index in [9.17, 15) is 14.7 Å². The Morgan fingerprint density at radius 2 is 1.78 bits per heavy atom. The molecule has 0 fully saturated rings. The van der Waals surface area contributed by atoms with Gasteiger partial charge in [0.15, 0.2) is 5.75 Å². The molecule has 0 aliphatic carbocycles. The molecule has 6 heteroatoms. The molecule has 0 aliphatic heterocycles. The summed E-state index contributed by atoms with van der Waals surface area (Å²) in [6.07, 6.45) is 0.707. The summed E-state index contributed by atoms with van der Waals surface area (Å²) in [5, 5.41) is 14.9. The first kappa shape index (κ1) is 20.5. The fourth-order valence-electron chi connectivity index (χ4n) is 2.56. The Morgan fingerprint density at radius 1 is 1.11 bits per heavy atom. The summed E-state index contributed by atoms with van der Waals surface area (Å²) < 4.78 is 5.86. The molecule has 0 spiro atoms. The minimum Gasteiger partial charge on any atom is -0.480 e. The van der Waals surface area contributed by atoms with E-state index in [1.807, 2.05) is 51.1 Å². The number of amides is 1. The van der Waals surface area contributed by atoms with Crippen molar-refractivity contribution in [3.05, 3.63) is 54.1 Å². The molecule has 0 aromatic heterocycles. The fourth-order valence-corrected chi connectivity index (χ4v) is 2.56. The number of carboxylic acids is 1. The van der Waals surface area contributed by atoms with Crippen LogP contribution in [-0.2, 0) is 9.59 Å². The third-order valence-corrected chi connectivity index (χ3v) is 4.37. The van der Waals surface area contributed by atoms with E-state index in [2.05, 4.69) is 10.6 Å². The quantitative estimate of drug-likeness (QED) is 0.625. The summed E-state index contributed by atoms with van der Waals surface area (Å²) in [7, 11) is 0. The Balaban J connectivity index is 2.01. The predicted octanol–water partition coefficient (Wildman–Crippen LogP) is 3.81. The number of carbonyl (C=O) groups excluding carboxylic acids is 1. The highest BCUT2D eigenvalue weighted by molar-refractivity contribution is 5.94. The summed E-state index contributed by atoms with van der Waals surface area (Å²) in [5.41, 5.74) is 1.66. The van der Waals surface area contributed by atoms with Crippen LogP contribution in [0.5, 0.6) is 11.5 Å². The van der Waals surface area contributed by atoms with Crippen LogP contribution < -0.4 is 15.4 Å². The van der Waals surface area contributed by atoms with Gasteiger partial charge in [-0.25, -0.2) is 0 Å². The molecule has 2 atom stereocenters. The smallest absolute Gasteiger partial charge is 0.320 e. The van der Waals surface area contributed by atoms with Crippen LogP contribution in [0.3, 0.4) is 0 Å². The van der Waals surface area contributed by atoms with Crippen molar-refractivity contribution in [3.63, 3.8) is 0 Å². The number of aliphatic carboxylic acids is 1. The second-order valence-electron chi connectivity index (χ2n) is 6.54. The topological polar surface area (TPSA) is 87.7 Å². The van der Waals surface area contributed by atoms with E-state index < -0.39 is 12.0 Å². The first-order valence-corrected chi connectivity index (χ1v) is 9.00. The molecular weight excluding hydrogens is 344 g/mol. The van der Waals surface area contributed by atoms with Gasteiger partial charge in [-0.1, -0.05) is 50.1 Å². The van der Waals surface area contributed by atoms with Crippen LogP contribution in [0.2, 0.25) is 0 Å². The van der Waals surface area contributed by atoms with E-state index in [1.165, 1.54) is 0 Å². The van der Waals surface area contributed by atoms with Gasteiger partial charge in [0.05, 0.1) is 12.2 Å². The highest BCUT2D eigenvalue weighted by Crippen LogP contribution is 2.29. The van der Waals surface area contributed by atoms with E-state index in [-0.39, 0.29) is 18.4 Å². The Labute approximate surface area is 159 Å². The molecule has 0 unspecified atom stereocenters. The Kier molecular flexibility index (Phi) is 7.37. The first-order chi connectivity index (χ1) is 12.9. The molecule has 0 radical (unpaired) electrons. The average molecular weight is 370 g/mol. The lowest BCUT2D eigenvalue weighted by atomic mass is 9.99. The monoisotopic (exact) mass is 370 g/mol. The van der Waals surface area contributed by atoms with Gasteiger partial charge in [-0.15, -0.1) is 0 Å². The first-order valence-electron chi connectivity index (χ1n) is 9.00. The molecule has 6 nitrogen and oxygen atoms in total. The normalized spacial score (nSPS) is 12.9. The third kappa shape index (κ3) is 6.11. The van der Waals surface area contributed by atoms with Crippen LogP contribution >= 0.6 is 0 Å². The van der Waals surface area contributed by atoms with Gasteiger partial charge < -0.3 is 15.2 Å². The number of aryl methyl sites for hydroxylation is 1. The number of anilines is 1. The van der Waals surface area contributed by atoms with Crippen molar-refractivity contribution >= 4 is 17.6 Å². The molecular formula is C21H26N2O4. The SMILES string of the molecule is CC[C@H](C)[C@H](NCC(=O)Nc1ccccc1Oc1ccc(C)cc1)C(=O)O. The van der Waals surface area contributed by atoms with Crippen molar-refractivity contribution in [2.45, 2.75) is 33.2 Å². The van der Waals surface area contributed by atoms with Crippen LogP contribution in [0, 0.1) is 12.8 Å². The van der Waals surface area contributed by atoms with Gasteiger partial charge in [-0.3, -0.25) is 14.9 Å². The van der Waals surface area contributed by atoms with Gasteiger partial charge >= 0.3 is 5.97 Å². The molecule has 0 saturated carbocycles. The number of benzene rings is 2. The highest BCUT2D eigenvalue weighted by Gasteiger charge is 2.23. The number of hydrogen-bond donors (Lipinski definition) is 3. The molecule has 0 saturated heterocycles. The van der Waals surface area contributed by atoms with E-state index >= 15 is 0 Å². The lowest BCUT2D eigenvalue weighted by Crippen LogP contribution is -2.45. The van der Waals surface area contributed by atoms with Crippen molar-refractivity contribution in [2.75, 3.05) is 11.9 Å². The molecule has 0 bridgehead atoms. The maximum absolute atomic E-state index is 12.3. The number of ether oxygens (including phenoxy) is 1. The van der Waals surface area contributed by atoms with Gasteiger partial charge in [0.25, 0.3) is 0 Å². The van der Waals surface area contributed by atoms with Crippen molar-refractivity contribution < 1.29 is 19.4 Å². The highest BCUT2D eigenvalue weighted by atomic mass is 16.5. The summed E-state index contributed by atoms with van der Waals surface area (Å²) in [4.78, 5) is 23.6. The molecule has 1 amide bonds. The number of carbonyl (C=O) groups is 2. The van der Waals surface area contributed by atoms with Crippen molar-refractivity contribution in [2.24, 2.45) is 5.92 Å². The summed E-state index contributed by atoms with van der Waals surface area (Å²) in [6.45, 7) is 5.66. The Hall–Kier alpha value is -2.86. The number of nitrogens with one attached hydrogen (secondary N) is 2. The summed E-state index contributed by atoms with van der Waals surface area (Å²) in [5.74, 6) is -0.174. The van der Waals surface area contributed by atoms with Crippen LogP contribution in [-0.4, -0.2) is 29.6 Å². The van der Waals surface area contributed by atoms with E-state index in [0.29, 0.717) is 23.6 Å². The standard InChI is InChI=1S/C21H26N2O4/c1-4-15(3)20(21(25)26)22-13-19(24)23-17-7-5-6-8-18(17)27-16-11-9-14(2)10-12-16/h5-12,15,20,22H,4,13H2,1-3H3,(H,23,24)(H,25,26)/t15-,20-/m0/s1. The number of hydrogen-bond acceptors (Lipinski definition) is 4. The average Bonchev–Trinajstić information content (AvgIpc) is 2.64. The van der Waals surface area contributed by atoms with E-state index in [0.717, 1.165) is 5.56 Å². The largest absolute Gasteiger partial charge is 0.480 e. The van der Waals surface area contributed by atoms with Crippen molar-refractivity contribution in [3.8, 4) is 11.5 Å². The van der Waals surface area contributed by atoms with E-state index in [1.54, 1.807) is 18.2 Å². The van der Waals surface area contributed by atoms with Gasteiger partial charge in [0.2, 0.25) is 5.91 Å². The lowest BCUT2D eigenvalue weighted by Gasteiger charge is -2.20. The molecule has 144 valence electrons. The van der Waals surface area contributed by atoms with Gasteiger partial charge in [-0.05, 0) is 37.1 Å².